The van der Waals surface area contributed by atoms with Crippen LogP contribution in [0.4, 0.5) is 0 Å². The summed E-state index contributed by atoms with van der Waals surface area (Å²) in [7, 11) is 1.74. The van der Waals surface area contributed by atoms with Gasteiger partial charge in [0.2, 0.25) is 0 Å². The van der Waals surface area contributed by atoms with Gasteiger partial charge in [0.15, 0.2) is 0 Å². The molecule has 0 fully saturated rings. The van der Waals surface area contributed by atoms with Crippen LogP contribution in [0.25, 0.3) is 10.8 Å². The van der Waals surface area contributed by atoms with Crippen molar-refractivity contribution in [2.24, 2.45) is 0 Å². The highest BCUT2D eigenvalue weighted by atomic mass is 16.5. The van der Waals surface area contributed by atoms with Gasteiger partial charge in [-0.2, -0.15) is 0 Å². The zero-order valence-corrected chi connectivity index (χ0v) is 11.4. The predicted molar refractivity (Wildman–Crippen MR) is 76.7 cm³/mol. The molecule has 0 aliphatic rings. The minimum atomic E-state index is 0.000392. The number of hydrogen-bond donors (Lipinski definition) is 1. The predicted octanol–water partition coefficient (Wildman–Crippen LogP) is 3.35. The molecule has 0 unspecified atom stereocenters. The number of rotatable bonds is 5. The molecule has 0 heterocycles. The standard InChI is InChI=1S/C16H21NO/c1-16(2,12-18-3)17-11-13-8-9-14-6-4-5-7-15(14)10-13/h4-10,17H,11-12H2,1-3H3. The van der Waals surface area contributed by atoms with Crippen molar-refractivity contribution in [1.82, 2.24) is 5.32 Å². The van der Waals surface area contributed by atoms with Crippen LogP contribution in [-0.4, -0.2) is 19.3 Å². The first-order chi connectivity index (χ1) is 8.61. The molecule has 2 rings (SSSR count). The largest absolute Gasteiger partial charge is 0.383 e. The molecule has 2 heteroatoms. The fraction of sp³-hybridized carbons (Fsp3) is 0.375. The first-order valence-corrected chi connectivity index (χ1v) is 6.32. The van der Waals surface area contributed by atoms with Crippen LogP contribution < -0.4 is 5.32 Å². The third kappa shape index (κ3) is 3.31. The Labute approximate surface area is 109 Å². The maximum atomic E-state index is 5.20. The van der Waals surface area contributed by atoms with Crippen molar-refractivity contribution in [2.45, 2.75) is 25.9 Å². The number of nitrogens with one attached hydrogen (secondary N) is 1. The van der Waals surface area contributed by atoms with Crippen molar-refractivity contribution in [2.75, 3.05) is 13.7 Å². The van der Waals surface area contributed by atoms with E-state index in [4.69, 9.17) is 4.74 Å². The SMILES string of the molecule is COCC(C)(C)NCc1ccc2ccccc2c1. The van der Waals surface area contributed by atoms with E-state index in [1.165, 1.54) is 16.3 Å². The van der Waals surface area contributed by atoms with Gasteiger partial charge < -0.3 is 10.1 Å². The monoisotopic (exact) mass is 243 g/mol. The molecule has 0 atom stereocenters. The number of fused-ring (bicyclic) bond motifs is 1. The lowest BCUT2D eigenvalue weighted by molar-refractivity contribution is 0.128. The second-order valence-corrected chi connectivity index (χ2v) is 5.35. The van der Waals surface area contributed by atoms with Gasteiger partial charge in [-0.15, -0.1) is 0 Å². The molecule has 0 bridgehead atoms. The number of hydrogen-bond acceptors (Lipinski definition) is 2. The average Bonchev–Trinajstić information content (AvgIpc) is 2.36. The van der Waals surface area contributed by atoms with Crippen LogP contribution in [0.5, 0.6) is 0 Å². The summed E-state index contributed by atoms with van der Waals surface area (Å²) >= 11 is 0. The number of ether oxygens (including phenoxy) is 1. The van der Waals surface area contributed by atoms with Gasteiger partial charge in [0.25, 0.3) is 0 Å². The molecular weight excluding hydrogens is 222 g/mol. The third-order valence-corrected chi connectivity index (χ3v) is 3.09. The van der Waals surface area contributed by atoms with Gasteiger partial charge in [0, 0.05) is 19.2 Å². The van der Waals surface area contributed by atoms with Gasteiger partial charge in [-0.05, 0) is 36.2 Å². The van der Waals surface area contributed by atoms with Crippen LogP contribution >= 0.6 is 0 Å². The van der Waals surface area contributed by atoms with Crippen LogP contribution in [0.1, 0.15) is 19.4 Å². The molecule has 18 heavy (non-hydrogen) atoms. The Morgan fingerprint density at radius 1 is 1.06 bits per heavy atom. The summed E-state index contributed by atoms with van der Waals surface area (Å²) < 4.78 is 5.20. The van der Waals surface area contributed by atoms with Crippen molar-refractivity contribution in [1.29, 1.82) is 0 Å². The molecule has 0 aromatic heterocycles. The molecule has 0 aliphatic carbocycles. The van der Waals surface area contributed by atoms with Crippen molar-refractivity contribution in [3.63, 3.8) is 0 Å². The summed E-state index contributed by atoms with van der Waals surface area (Å²) in [5.74, 6) is 0. The molecule has 2 nitrogen and oxygen atoms in total. The molecule has 0 radical (unpaired) electrons. The van der Waals surface area contributed by atoms with Crippen molar-refractivity contribution >= 4 is 10.8 Å². The zero-order chi connectivity index (χ0) is 13.0. The zero-order valence-electron chi connectivity index (χ0n) is 11.4. The Bertz CT molecular complexity index is 519. The van der Waals surface area contributed by atoms with E-state index in [1.807, 2.05) is 0 Å². The van der Waals surface area contributed by atoms with E-state index >= 15 is 0 Å². The molecule has 2 aromatic rings. The highest BCUT2D eigenvalue weighted by Gasteiger charge is 2.16. The lowest BCUT2D eigenvalue weighted by Crippen LogP contribution is -2.42. The van der Waals surface area contributed by atoms with Gasteiger partial charge in [0.1, 0.15) is 0 Å². The molecule has 0 amide bonds. The Balaban J connectivity index is 2.08. The third-order valence-electron chi connectivity index (χ3n) is 3.09. The lowest BCUT2D eigenvalue weighted by Gasteiger charge is -2.25. The first-order valence-electron chi connectivity index (χ1n) is 6.32. The lowest BCUT2D eigenvalue weighted by atomic mass is 10.0. The van der Waals surface area contributed by atoms with Gasteiger partial charge in [-0.1, -0.05) is 36.4 Å². The Morgan fingerprint density at radius 2 is 1.78 bits per heavy atom. The molecular formula is C16H21NO. The minimum Gasteiger partial charge on any atom is -0.383 e. The molecule has 0 spiro atoms. The molecule has 0 aliphatic heterocycles. The van der Waals surface area contributed by atoms with E-state index in [-0.39, 0.29) is 5.54 Å². The summed E-state index contributed by atoms with van der Waals surface area (Å²) in [5, 5.41) is 6.10. The van der Waals surface area contributed by atoms with Crippen molar-refractivity contribution in [3.8, 4) is 0 Å². The smallest absolute Gasteiger partial charge is 0.0639 e. The summed E-state index contributed by atoms with van der Waals surface area (Å²) in [5.41, 5.74) is 1.30. The molecule has 0 saturated heterocycles. The Morgan fingerprint density at radius 3 is 2.50 bits per heavy atom. The van der Waals surface area contributed by atoms with Crippen LogP contribution in [-0.2, 0) is 11.3 Å². The van der Waals surface area contributed by atoms with Gasteiger partial charge in [0.05, 0.1) is 6.61 Å². The van der Waals surface area contributed by atoms with Crippen LogP contribution in [0.3, 0.4) is 0 Å². The van der Waals surface area contributed by atoms with E-state index < -0.39 is 0 Å². The van der Waals surface area contributed by atoms with E-state index in [0.717, 1.165) is 6.54 Å². The van der Waals surface area contributed by atoms with E-state index in [2.05, 4.69) is 61.6 Å². The second kappa shape index (κ2) is 5.51. The van der Waals surface area contributed by atoms with Crippen LogP contribution in [0.2, 0.25) is 0 Å². The molecule has 96 valence electrons. The minimum absolute atomic E-state index is 0.000392. The normalized spacial score (nSPS) is 11.9. The molecule has 0 saturated carbocycles. The van der Waals surface area contributed by atoms with E-state index in [0.29, 0.717) is 6.61 Å². The summed E-state index contributed by atoms with van der Waals surface area (Å²) in [6.07, 6.45) is 0. The number of benzene rings is 2. The second-order valence-electron chi connectivity index (χ2n) is 5.35. The first kappa shape index (κ1) is 13.1. The fourth-order valence-corrected chi connectivity index (χ4v) is 2.10. The van der Waals surface area contributed by atoms with Crippen molar-refractivity contribution in [3.05, 3.63) is 48.0 Å². The summed E-state index contributed by atoms with van der Waals surface area (Å²) in [6.45, 7) is 5.87. The van der Waals surface area contributed by atoms with Crippen LogP contribution in [0, 0.1) is 0 Å². The average molecular weight is 243 g/mol. The quantitative estimate of drug-likeness (QED) is 0.869. The highest BCUT2D eigenvalue weighted by molar-refractivity contribution is 5.82. The van der Waals surface area contributed by atoms with Gasteiger partial charge >= 0.3 is 0 Å². The van der Waals surface area contributed by atoms with E-state index in [1.54, 1.807) is 7.11 Å². The maximum Gasteiger partial charge on any atom is 0.0639 e. The Kier molecular flexibility index (Phi) is 4.00. The number of methoxy groups -OCH3 is 1. The molecule has 1 N–H and O–H groups in total. The topological polar surface area (TPSA) is 21.3 Å². The summed E-state index contributed by atoms with van der Waals surface area (Å²) in [4.78, 5) is 0. The van der Waals surface area contributed by atoms with Crippen molar-refractivity contribution < 1.29 is 4.74 Å². The highest BCUT2D eigenvalue weighted by Crippen LogP contribution is 2.16. The van der Waals surface area contributed by atoms with E-state index in [9.17, 15) is 0 Å². The summed E-state index contributed by atoms with van der Waals surface area (Å²) in [6, 6.07) is 15.0. The van der Waals surface area contributed by atoms with Gasteiger partial charge in [-0.25, -0.2) is 0 Å². The molecule has 2 aromatic carbocycles. The maximum absolute atomic E-state index is 5.20. The fourth-order valence-electron chi connectivity index (χ4n) is 2.10. The van der Waals surface area contributed by atoms with Crippen LogP contribution in [0.15, 0.2) is 42.5 Å². The Hall–Kier alpha value is -1.38. The van der Waals surface area contributed by atoms with Gasteiger partial charge in [-0.3, -0.25) is 0 Å².